The minimum absolute atomic E-state index is 0.140. The molecular weight excluding hydrogens is 314 g/mol. The summed E-state index contributed by atoms with van der Waals surface area (Å²) in [4.78, 5) is 2.15. The fraction of sp³-hybridized carbons (Fsp3) is 0.316. The third-order valence-corrected chi connectivity index (χ3v) is 5.13. The van der Waals surface area contributed by atoms with Gasteiger partial charge in [0.2, 0.25) is 6.23 Å². The van der Waals surface area contributed by atoms with Crippen LogP contribution in [0.4, 0.5) is 5.69 Å². The summed E-state index contributed by atoms with van der Waals surface area (Å²) in [5.41, 5.74) is 4.66. The van der Waals surface area contributed by atoms with Crippen LogP contribution in [0.2, 0.25) is 0 Å². The Kier molecular flexibility index (Phi) is 3.15. The van der Waals surface area contributed by atoms with E-state index in [1.807, 2.05) is 35.3 Å². The van der Waals surface area contributed by atoms with E-state index >= 15 is 0 Å². The van der Waals surface area contributed by atoms with Gasteiger partial charge in [0.1, 0.15) is 11.9 Å². The van der Waals surface area contributed by atoms with Crippen molar-refractivity contribution in [2.45, 2.75) is 31.8 Å². The van der Waals surface area contributed by atoms with E-state index in [0.29, 0.717) is 6.04 Å². The van der Waals surface area contributed by atoms with E-state index in [0.717, 1.165) is 29.1 Å². The lowest BCUT2D eigenvalue weighted by atomic mass is 10.1. The van der Waals surface area contributed by atoms with E-state index in [4.69, 9.17) is 4.74 Å². The molecule has 1 aromatic heterocycles. The van der Waals surface area contributed by atoms with Crippen molar-refractivity contribution < 1.29 is 4.74 Å². The van der Waals surface area contributed by atoms with Gasteiger partial charge in [-0.15, -0.1) is 0 Å². The second kappa shape index (κ2) is 5.39. The highest BCUT2D eigenvalue weighted by Gasteiger charge is 2.32. The highest BCUT2D eigenvalue weighted by Crippen LogP contribution is 2.42. The van der Waals surface area contributed by atoms with Crippen molar-refractivity contribution in [2.24, 2.45) is 0 Å². The van der Waals surface area contributed by atoms with Crippen molar-refractivity contribution in [2.75, 3.05) is 11.9 Å². The molecule has 128 valence electrons. The summed E-state index contributed by atoms with van der Waals surface area (Å²) in [5.74, 6) is 0.917. The van der Waals surface area contributed by atoms with Gasteiger partial charge in [0.05, 0.1) is 23.1 Å². The molecule has 0 aliphatic carbocycles. The molecule has 2 aromatic rings. The number of allylic oxidation sites excluding steroid dienone is 2. The van der Waals surface area contributed by atoms with Gasteiger partial charge in [-0.25, -0.2) is 4.68 Å². The summed E-state index contributed by atoms with van der Waals surface area (Å²) in [7, 11) is 2.05. The molecule has 6 heteroatoms. The van der Waals surface area contributed by atoms with Gasteiger partial charge in [0, 0.05) is 25.5 Å². The molecule has 1 aromatic carbocycles. The summed E-state index contributed by atoms with van der Waals surface area (Å²) in [6.45, 7) is 2.21. The molecule has 25 heavy (non-hydrogen) atoms. The number of benzene rings is 1. The average molecular weight is 335 g/mol. The van der Waals surface area contributed by atoms with Gasteiger partial charge in [-0.1, -0.05) is 12.1 Å². The van der Waals surface area contributed by atoms with Crippen LogP contribution < -0.4 is 20.3 Å². The molecule has 5 rings (SSSR count). The molecule has 0 spiro atoms. The number of nitrogens with one attached hydrogen (secondary N) is 2. The monoisotopic (exact) mass is 335 g/mol. The van der Waals surface area contributed by atoms with E-state index in [1.54, 1.807) is 0 Å². The molecule has 3 aliphatic rings. The maximum Gasteiger partial charge on any atom is 0.201 e. The van der Waals surface area contributed by atoms with E-state index in [1.165, 1.54) is 5.57 Å². The number of para-hydroxylation sites is 2. The van der Waals surface area contributed by atoms with E-state index in [-0.39, 0.29) is 12.4 Å². The number of anilines is 1. The molecule has 1 unspecified atom stereocenters. The van der Waals surface area contributed by atoms with Crippen LogP contribution in [0, 0.1) is 0 Å². The molecule has 0 amide bonds. The van der Waals surface area contributed by atoms with Gasteiger partial charge in [-0.05, 0) is 37.1 Å². The predicted molar refractivity (Wildman–Crippen MR) is 96.9 cm³/mol. The Morgan fingerprint density at radius 2 is 2.16 bits per heavy atom. The second-order valence-electron chi connectivity index (χ2n) is 6.88. The molecule has 2 N–H and O–H groups in total. The molecule has 3 aliphatic heterocycles. The lowest BCUT2D eigenvalue weighted by Gasteiger charge is -2.21. The minimum atomic E-state index is -0.140. The third kappa shape index (κ3) is 2.25. The highest BCUT2D eigenvalue weighted by molar-refractivity contribution is 5.65. The van der Waals surface area contributed by atoms with Crippen LogP contribution in [0.5, 0.6) is 5.75 Å². The lowest BCUT2D eigenvalue weighted by molar-refractivity contribution is 0.235. The van der Waals surface area contributed by atoms with E-state index < -0.39 is 0 Å². The van der Waals surface area contributed by atoms with Crippen molar-refractivity contribution in [3.8, 4) is 5.75 Å². The van der Waals surface area contributed by atoms with Crippen molar-refractivity contribution in [3.05, 3.63) is 60.1 Å². The molecule has 1 fully saturated rings. The topological polar surface area (TPSA) is 54.4 Å². The maximum absolute atomic E-state index is 6.12. The predicted octanol–water partition coefficient (Wildman–Crippen LogP) is 2.45. The Bertz CT molecular complexity index is 883. The zero-order valence-electron chi connectivity index (χ0n) is 14.3. The summed E-state index contributed by atoms with van der Waals surface area (Å²) >= 11 is 0. The average Bonchev–Trinajstić information content (AvgIpc) is 3.31. The summed E-state index contributed by atoms with van der Waals surface area (Å²) < 4.78 is 8.09. The van der Waals surface area contributed by atoms with Crippen molar-refractivity contribution in [1.29, 1.82) is 0 Å². The van der Waals surface area contributed by atoms with Crippen molar-refractivity contribution >= 4 is 11.4 Å². The number of rotatable bonds is 2. The van der Waals surface area contributed by atoms with Crippen LogP contribution >= 0.6 is 0 Å². The Balaban J connectivity index is 1.47. The zero-order chi connectivity index (χ0) is 17.0. The van der Waals surface area contributed by atoms with Gasteiger partial charge in [0.25, 0.3) is 0 Å². The Labute approximate surface area is 146 Å². The number of nitrogens with zero attached hydrogens (tertiary/aromatic N) is 3. The first-order chi connectivity index (χ1) is 12.2. The van der Waals surface area contributed by atoms with Crippen molar-refractivity contribution in [3.63, 3.8) is 0 Å². The molecule has 0 bridgehead atoms. The number of hydrogen-bond donors (Lipinski definition) is 2. The molecule has 4 heterocycles. The highest BCUT2D eigenvalue weighted by atomic mass is 16.5. The van der Waals surface area contributed by atoms with Gasteiger partial charge >= 0.3 is 0 Å². The van der Waals surface area contributed by atoms with Crippen molar-refractivity contribution in [1.82, 2.24) is 20.4 Å². The summed E-state index contributed by atoms with van der Waals surface area (Å²) in [6.07, 6.45) is 9.15. The van der Waals surface area contributed by atoms with Gasteiger partial charge in [0.15, 0.2) is 0 Å². The van der Waals surface area contributed by atoms with Gasteiger partial charge in [-0.2, -0.15) is 5.10 Å². The Morgan fingerprint density at radius 1 is 1.28 bits per heavy atom. The lowest BCUT2D eigenvalue weighted by Crippen LogP contribution is -2.39. The minimum Gasteiger partial charge on any atom is -0.464 e. The number of hydrogen-bond acceptors (Lipinski definition) is 5. The normalized spacial score (nSPS) is 27.1. The first-order valence-electron chi connectivity index (χ1n) is 8.66. The molecule has 6 nitrogen and oxygen atoms in total. The Morgan fingerprint density at radius 3 is 3.04 bits per heavy atom. The fourth-order valence-corrected chi connectivity index (χ4v) is 3.91. The molecular formula is C19H21N5O. The maximum atomic E-state index is 6.12. The zero-order valence-corrected chi connectivity index (χ0v) is 14.3. The number of dihydropyridines is 1. The number of ether oxygens (including phenoxy) is 1. The number of aromatic nitrogens is 2. The summed E-state index contributed by atoms with van der Waals surface area (Å²) in [5, 5.41) is 11.5. The van der Waals surface area contributed by atoms with E-state index in [9.17, 15) is 0 Å². The third-order valence-electron chi connectivity index (χ3n) is 5.13. The summed E-state index contributed by atoms with van der Waals surface area (Å²) in [6, 6.07) is 8.59. The standard InChI is InChI=1S/C19H21N5O/c1-12-9-14-15(7-8-20-18(14)22-12)24-11-13(10-21-24)19-23(2)16-5-3-4-6-17(16)25-19/h3-8,10-12,18-20,22H,9H2,1-2H3/t12-,18?,19-/m0/s1. The van der Waals surface area contributed by atoms with Crippen LogP contribution in [0.1, 0.15) is 25.1 Å². The van der Waals surface area contributed by atoms with Crippen LogP contribution in [-0.4, -0.2) is 29.0 Å². The van der Waals surface area contributed by atoms with Crippen LogP contribution in [0.25, 0.3) is 5.70 Å². The SMILES string of the molecule is C[C@H]1CC2=C(n3cc([C@@H]4Oc5ccccc5N4C)cn3)C=CNC2N1. The smallest absolute Gasteiger partial charge is 0.201 e. The fourth-order valence-electron chi connectivity index (χ4n) is 3.91. The molecule has 0 saturated carbocycles. The first kappa shape index (κ1) is 14.6. The molecule has 3 atom stereocenters. The number of fused-ring (bicyclic) bond motifs is 2. The van der Waals surface area contributed by atoms with Gasteiger partial charge < -0.3 is 15.0 Å². The van der Waals surface area contributed by atoms with Crippen LogP contribution in [0.3, 0.4) is 0 Å². The molecule has 0 radical (unpaired) electrons. The van der Waals surface area contributed by atoms with Crippen LogP contribution in [0.15, 0.2) is 54.5 Å². The van der Waals surface area contributed by atoms with Gasteiger partial charge in [-0.3, -0.25) is 5.32 Å². The largest absolute Gasteiger partial charge is 0.464 e. The Hall–Kier alpha value is -2.73. The molecule has 1 saturated heterocycles. The van der Waals surface area contributed by atoms with E-state index in [2.05, 4.69) is 52.9 Å². The first-order valence-corrected chi connectivity index (χ1v) is 8.66. The quantitative estimate of drug-likeness (QED) is 0.883. The van der Waals surface area contributed by atoms with Crippen LogP contribution in [-0.2, 0) is 0 Å². The second-order valence-corrected chi connectivity index (χ2v) is 6.88.